The normalized spacial score (nSPS) is 14.8. The van der Waals surface area contributed by atoms with Crippen molar-refractivity contribution in [1.82, 2.24) is 14.9 Å². The van der Waals surface area contributed by atoms with E-state index < -0.39 is 11.7 Å². The predicted octanol–water partition coefficient (Wildman–Crippen LogP) is 5.69. The largest absolute Gasteiger partial charge is 0.460 e. The molecule has 0 fully saturated rings. The minimum Gasteiger partial charge on any atom is -0.460 e. The summed E-state index contributed by atoms with van der Waals surface area (Å²) in [7, 11) is 0. The molecule has 4 rings (SSSR count). The van der Waals surface area contributed by atoms with Gasteiger partial charge in [0.1, 0.15) is 11.5 Å². The van der Waals surface area contributed by atoms with Crippen molar-refractivity contribution in [3.05, 3.63) is 64.1 Å². The van der Waals surface area contributed by atoms with Crippen molar-refractivity contribution < 1.29 is 17.6 Å². The lowest BCUT2D eigenvalue weighted by molar-refractivity contribution is -0.137. The highest BCUT2D eigenvalue weighted by Crippen LogP contribution is 2.36. The fraction of sp³-hybridized carbons (Fsp3) is 0.300. The van der Waals surface area contributed by atoms with Gasteiger partial charge in [0.2, 0.25) is 0 Å². The van der Waals surface area contributed by atoms with E-state index in [0.717, 1.165) is 41.5 Å². The Balaban J connectivity index is 1.50. The van der Waals surface area contributed by atoms with Crippen LogP contribution in [0.5, 0.6) is 0 Å². The summed E-state index contributed by atoms with van der Waals surface area (Å²) in [4.78, 5) is 11.1. The van der Waals surface area contributed by atoms with Crippen LogP contribution in [0.3, 0.4) is 0 Å². The summed E-state index contributed by atoms with van der Waals surface area (Å²) in [5.74, 6) is 0.986. The second-order valence-corrected chi connectivity index (χ2v) is 7.93. The van der Waals surface area contributed by atoms with Gasteiger partial charge in [0.25, 0.3) is 0 Å². The number of benzene rings is 1. The molecule has 3 heterocycles. The quantitative estimate of drug-likeness (QED) is 0.386. The van der Waals surface area contributed by atoms with Crippen molar-refractivity contribution in [2.75, 3.05) is 12.8 Å². The average Bonchev–Trinajstić information content (AvgIpc) is 3.15. The molecule has 3 aromatic rings. The van der Waals surface area contributed by atoms with Crippen LogP contribution in [0.4, 0.5) is 13.2 Å². The van der Waals surface area contributed by atoms with E-state index in [-0.39, 0.29) is 10.6 Å². The van der Waals surface area contributed by atoms with Gasteiger partial charge in [-0.3, -0.25) is 4.90 Å². The van der Waals surface area contributed by atoms with Crippen LogP contribution >= 0.6 is 23.4 Å². The van der Waals surface area contributed by atoms with Crippen molar-refractivity contribution in [3.63, 3.8) is 0 Å². The smallest absolute Gasteiger partial charge is 0.416 e. The fourth-order valence-electron chi connectivity index (χ4n) is 3.31. The van der Waals surface area contributed by atoms with Gasteiger partial charge in [-0.15, -0.1) is 0 Å². The molecule has 0 saturated carbocycles. The van der Waals surface area contributed by atoms with Gasteiger partial charge >= 0.3 is 6.18 Å². The van der Waals surface area contributed by atoms with E-state index in [2.05, 4.69) is 14.9 Å². The Labute approximate surface area is 175 Å². The van der Waals surface area contributed by atoms with Gasteiger partial charge in [0.15, 0.2) is 5.16 Å². The molecule has 0 bridgehead atoms. The molecule has 0 unspecified atom stereocenters. The van der Waals surface area contributed by atoms with Crippen LogP contribution in [0.2, 0.25) is 5.02 Å². The highest BCUT2D eigenvalue weighted by Gasteiger charge is 2.31. The van der Waals surface area contributed by atoms with Crippen molar-refractivity contribution in [2.45, 2.75) is 30.8 Å². The third kappa shape index (κ3) is 4.44. The van der Waals surface area contributed by atoms with Gasteiger partial charge < -0.3 is 4.42 Å². The van der Waals surface area contributed by atoms with Crippen LogP contribution in [-0.4, -0.2) is 27.7 Å². The minimum atomic E-state index is -4.44. The fourth-order valence-corrected chi connectivity index (χ4v) is 3.88. The molecule has 0 amide bonds. The molecule has 2 aromatic heterocycles. The Hall–Kier alpha value is -2.03. The standard InChI is InChI=1S/C20H17ClF3N3OS/c1-29-19-25-9-12-10-27(7-6-17(12)26-19)11-14-3-5-18(28-14)15-8-13(20(22,23)24)2-4-16(15)21/h2-5,8-9H,6-7,10-11H2,1H3. The number of rotatable bonds is 4. The second-order valence-electron chi connectivity index (χ2n) is 6.75. The van der Waals surface area contributed by atoms with Crippen molar-refractivity contribution in [2.24, 2.45) is 0 Å². The molecule has 4 nitrogen and oxygen atoms in total. The van der Waals surface area contributed by atoms with Gasteiger partial charge in [-0.1, -0.05) is 23.4 Å². The molecule has 0 spiro atoms. The maximum Gasteiger partial charge on any atom is 0.416 e. The minimum absolute atomic E-state index is 0.215. The topological polar surface area (TPSA) is 42.2 Å². The van der Waals surface area contributed by atoms with E-state index in [1.54, 1.807) is 12.1 Å². The third-order valence-corrected chi connectivity index (χ3v) is 5.67. The first-order valence-corrected chi connectivity index (χ1v) is 10.5. The van der Waals surface area contributed by atoms with Crippen LogP contribution in [-0.2, 0) is 25.7 Å². The lowest BCUT2D eigenvalue weighted by atomic mass is 10.1. The maximum absolute atomic E-state index is 13.0. The molecule has 29 heavy (non-hydrogen) atoms. The first kappa shape index (κ1) is 20.3. The summed E-state index contributed by atoms with van der Waals surface area (Å²) in [5, 5.41) is 0.985. The van der Waals surface area contributed by atoms with Gasteiger partial charge in [-0.25, -0.2) is 9.97 Å². The average molecular weight is 440 g/mol. The summed E-state index contributed by atoms with van der Waals surface area (Å²) in [6, 6.07) is 6.65. The Morgan fingerprint density at radius 2 is 2.07 bits per heavy atom. The number of nitrogens with zero attached hydrogens (tertiary/aromatic N) is 3. The number of furan rings is 1. The molecule has 9 heteroatoms. The number of hydrogen-bond acceptors (Lipinski definition) is 5. The molecule has 0 atom stereocenters. The predicted molar refractivity (Wildman–Crippen MR) is 106 cm³/mol. The van der Waals surface area contributed by atoms with E-state index in [1.165, 1.54) is 17.8 Å². The molecule has 1 aromatic carbocycles. The van der Waals surface area contributed by atoms with Crippen LogP contribution in [0, 0.1) is 0 Å². The van der Waals surface area contributed by atoms with E-state index in [4.69, 9.17) is 16.0 Å². The second kappa shape index (κ2) is 8.01. The lowest BCUT2D eigenvalue weighted by Gasteiger charge is -2.27. The number of hydrogen-bond donors (Lipinski definition) is 0. The van der Waals surface area contributed by atoms with Crippen molar-refractivity contribution in [1.29, 1.82) is 0 Å². The number of thioether (sulfide) groups is 1. The Kier molecular flexibility index (Phi) is 5.59. The van der Waals surface area contributed by atoms with Crippen LogP contribution in [0.1, 0.15) is 22.6 Å². The Morgan fingerprint density at radius 3 is 2.83 bits per heavy atom. The summed E-state index contributed by atoms with van der Waals surface area (Å²) >= 11 is 7.63. The monoisotopic (exact) mass is 439 g/mol. The molecule has 152 valence electrons. The summed E-state index contributed by atoms with van der Waals surface area (Å²) in [6.07, 6.45) is 0.185. The Morgan fingerprint density at radius 1 is 1.24 bits per heavy atom. The summed E-state index contributed by atoms with van der Waals surface area (Å²) in [5.41, 5.74) is 1.63. The molecule has 1 aliphatic heterocycles. The zero-order valence-corrected chi connectivity index (χ0v) is 17.0. The number of halogens is 4. The summed E-state index contributed by atoms with van der Waals surface area (Å²) in [6.45, 7) is 2.06. The number of alkyl halides is 3. The van der Waals surface area contributed by atoms with Crippen molar-refractivity contribution in [3.8, 4) is 11.3 Å². The molecule has 0 N–H and O–H groups in total. The van der Waals surface area contributed by atoms with E-state index in [0.29, 0.717) is 24.6 Å². The van der Waals surface area contributed by atoms with Crippen LogP contribution < -0.4 is 0 Å². The van der Waals surface area contributed by atoms with Gasteiger partial charge in [0.05, 0.1) is 22.8 Å². The van der Waals surface area contributed by atoms with Crippen LogP contribution in [0.25, 0.3) is 11.3 Å². The highest BCUT2D eigenvalue weighted by molar-refractivity contribution is 7.98. The van der Waals surface area contributed by atoms with E-state index in [1.807, 2.05) is 12.5 Å². The van der Waals surface area contributed by atoms with E-state index in [9.17, 15) is 13.2 Å². The Bertz CT molecular complexity index is 1040. The zero-order valence-electron chi connectivity index (χ0n) is 15.5. The SMILES string of the molecule is CSc1ncc2c(n1)CCN(Cc1ccc(-c3cc(C(F)(F)F)ccc3Cl)o1)C2. The van der Waals surface area contributed by atoms with Gasteiger partial charge in [-0.05, 0) is 36.6 Å². The van der Waals surface area contributed by atoms with Crippen molar-refractivity contribution >= 4 is 23.4 Å². The van der Waals surface area contributed by atoms with Gasteiger partial charge in [0, 0.05) is 36.8 Å². The van der Waals surface area contributed by atoms with Gasteiger partial charge in [-0.2, -0.15) is 13.2 Å². The lowest BCUT2D eigenvalue weighted by Crippen LogP contribution is -2.30. The maximum atomic E-state index is 13.0. The first-order valence-electron chi connectivity index (χ1n) is 8.90. The zero-order chi connectivity index (χ0) is 20.6. The molecular formula is C20H17ClF3N3OS. The molecular weight excluding hydrogens is 423 g/mol. The number of fused-ring (bicyclic) bond motifs is 1. The third-order valence-electron chi connectivity index (χ3n) is 4.77. The van der Waals surface area contributed by atoms with Crippen LogP contribution in [0.15, 0.2) is 46.1 Å². The molecule has 0 aliphatic carbocycles. The number of aromatic nitrogens is 2. The molecule has 0 radical (unpaired) electrons. The molecule has 1 aliphatic rings. The first-order chi connectivity index (χ1) is 13.8. The highest BCUT2D eigenvalue weighted by atomic mass is 35.5. The molecule has 0 saturated heterocycles. The summed E-state index contributed by atoms with van der Waals surface area (Å²) < 4.78 is 44.8. The van der Waals surface area contributed by atoms with E-state index >= 15 is 0 Å².